The van der Waals surface area contributed by atoms with Crippen LogP contribution in [0.5, 0.6) is 0 Å². The summed E-state index contributed by atoms with van der Waals surface area (Å²) < 4.78 is 0. The van der Waals surface area contributed by atoms with E-state index in [1.807, 2.05) is 0 Å². The summed E-state index contributed by atoms with van der Waals surface area (Å²) in [6.07, 6.45) is 5.22. The Kier molecular flexibility index (Phi) is 2.85. The molecule has 3 rings (SSSR count). The van der Waals surface area contributed by atoms with Crippen molar-refractivity contribution in [3.05, 3.63) is 11.4 Å². The van der Waals surface area contributed by atoms with Crippen LogP contribution in [0, 0.1) is 0 Å². The quantitative estimate of drug-likeness (QED) is 0.797. The summed E-state index contributed by atoms with van der Waals surface area (Å²) >= 11 is 0. The Balaban J connectivity index is 1.94. The summed E-state index contributed by atoms with van der Waals surface area (Å²) in [5, 5.41) is 10.3. The number of ketones is 1. The second-order valence-corrected chi connectivity index (χ2v) is 5.96. The highest BCUT2D eigenvalue weighted by molar-refractivity contribution is 6.04. The number of likely N-dealkylation sites (tertiary alicyclic amines) is 2. The molecule has 2 heterocycles. The van der Waals surface area contributed by atoms with Gasteiger partial charge in [-0.2, -0.15) is 0 Å². The van der Waals surface area contributed by atoms with Crippen LogP contribution in [0.4, 0.5) is 0 Å². The van der Waals surface area contributed by atoms with Crippen molar-refractivity contribution in [2.24, 2.45) is 0 Å². The summed E-state index contributed by atoms with van der Waals surface area (Å²) in [6.45, 7) is 5.67. The van der Waals surface area contributed by atoms with Gasteiger partial charge in [0.25, 0.3) is 0 Å². The topological polar surface area (TPSA) is 43.8 Å². The molecule has 0 saturated carbocycles. The molecule has 4 nitrogen and oxygen atoms in total. The van der Waals surface area contributed by atoms with Gasteiger partial charge in [-0.3, -0.25) is 4.79 Å². The first kappa shape index (κ1) is 12.0. The van der Waals surface area contributed by atoms with Gasteiger partial charge in [0, 0.05) is 38.3 Å². The van der Waals surface area contributed by atoms with Crippen molar-refractivity contribution in [2.75, 3.05) is 26.2 Å². The van der Waals surface area contributed by atoms with Gasteiger partial charge >= 0.3 is 0 Å². The molecule has 0 radical (unpaired) electrons. The molecule has 2 fully saturated rings. The van der Waals surface area contributed by atoms with Gasteiger partial charge in [0.1, 0.15) is 11.3 Å². The second-order valence-electron chi connectivity index (χ2n) is 5.96. The summed E-state index contributed by atoms with van der Waals surface area (Å²) in [7, 11) is 0. The van der Waals surface area contributed by atoms with Gasteiger partial charge in [-0.25, -0.2) is 0 Å². The zero-order valence-corrected chi connectivity index (χ0v) is 11.1. The average molecular weight is 250 g/mol. The van der Waals surface area contributed by atoms with Crippen molar-refractivity contribution >= 4 is 5.78 Å². The average Bonchev–Trinajstić information content (AvgIpc) is 3.02. The first-order valence-corrected chi connectivity index (χ1v) is 7.10. The predicted molar refractivity (Wildman–Crippen MR) is 68.9 cm³/mol. The van der Waals surface area contributed by atoms with Gasteiger partial charge in [0.15, 0.2) is 0 Å². The maximum absolute atomic E-state index is 12.4. The highest BCUT2D eigenvalue weighted by Crippen LogP contribution is 2.37. The van der Waals surface area contributed by atoms with Crippen molar-refractivity contribution in [3.8, 4) is 0 Å². The van der Waals surface area contributed by atoms with Crippen LogP contribution in [0.15, 0.2) is 11.4 Å². The molecule has 100 valence electrons. The first-order chi connectivity index (χ1) is 8.59. The van der Waals surface area contributed by atoms with Crippen LogP contribution in [0.1, 0.15) is 39.0 Å². The molecule has 0 aromatic rings. The number of nitrogens with zero attached hydrogens (tertiary/aromatic N) is 2. The van der Waals surface area contributed by atoms with E-state index in [4.69, 9.17) is 0 Å². The summed E-state index contributed by atoms with van der Waals surface area (Å²) in [5.74, 6) is -0.0636. The lowest BCUT2D eigenvalue weighted by molar-refractivity contribution is -0.131. The number of carbonyl (C=O) groups is 1. The Morgan fingerprint density at radius 3 is 2.06 bits per heavy atom. The first-order valence-electron chi connectivity index (χ1n) is 7.10. The van der Waals surface area contributed by atoms with Crippen molar-refractivity contribution < 1.29 is 9.90 Å². The third-order valence-corrected chi connectivity index (χ3v) is 4.40. The van der Waals surface area contributed by atoms with Crippen LogP contribution < -0.4 is 0 Å². The van der Waals surface area contributed by atoms with Crippen LogP contribution in [0.25, 0.3) is 0 Å². The lowest BCUT2D eigenvalue weighted by Crippen LogP contribution is -2.35. The van der Waals surface area contributed by atoms with Crippen LogP contribution in [0.2, 0.25) is 0 Å². The standard InChI is InChI=1S/C14H22N2O2/c1-14(18)10-11(15-6-2-3-7-15)12(13(14)17)16-8-4-5-9-16/h18H,2-10H2,1H3. The monoisotopic (exact) mass is 250 g/mol. The molecule has 1 N–H and O–H groups in total. The summed E-state index contributed by atoms with van der Waals surface area (Å²) in [6, 6.07) is 0. The van der Waals surface area contributed by atoms with Gasteiger partial charge in [0.2, 0.25) is 5.78 Å². The fraction of sp³-hybridized carbons (Fsp3) is 0.786. The zero-order chi connectivity index (χ0) is 12.8. The van der Waals surface area contributed by atoms with Crippen LogP contribution >= 0.6 is 0 Å². The molecular formula is C14H22N2O2. The molecule has 3 aliphatic rings. The minimum Gasteiger partial charge on any atom is -0.382 e. The fourth-order valence-corrected chi connectivity index (χ4v) is 3.39. The molecule has 2 aliphatic heterocycles. The number of rotatable bonds is 2. The van der Waals surface area contributed by atoms with Gasteiger partial charge in [0.05, 0.1) is 0 Å². The summed E-state index contributed by atoms with van der Waals surface area (Å²) in [4.78, 5) is 16.9. The van der Waals surface area contributed by atoms with E-state index in [1.165, 1.54) is 12.8 Å². The van der Waals surface area contributed by atoms with E-state index < -0.39 is 5.60 Å². The number of hydrogen-bond acceptors (Lipinski definition) is 4. The molecule has 0 aromatic carbocycles. The molecule has 4 heteroatoms. The molecule has 0 amide bonds. The predicted octanol–water partition coefficient (Wildman–Crippen LogP) is 1.11. The van der Waals surface area contributed by atoms with E-state index in [0.717, 1.165) is 50.4 Å². The van der Waals surface area contributed by atoms with E-state index in [0.29, 0.717) is 6.42 Å². The molecule has 1 aliphatic carbocycles. The highest BCUT2D eigenvalue weighted by atomic mass is 16.3. The third-order valence-electron chi connectivity index (χ3n) is 4.40. The molecule has 0 aromatic heterocycles. The third kappa shape index (κ3) is 1.83. The Labute approximate surface area is 108 Å². The molecule has 0 bridgehead atoms. The molecule has 1 atom stereocenters. The number of Topliss-reactive ketones (excluding diaryl/α,β-unsaturated/α-hetero) is 1. The molecule has 0 spiro atoms. The fourth-order valence-electron chi connectivity index (χ4n) is 3.39. The van der Waals surface area contributed by atoms with E-state index in [2.05, 4.69) is 9.80 Å². The van der Waals surface area contributed by atoms with Crippen molar-refractivity contribution in [1.82, 2.24) is 9.80 Å². The normalized spacial score (nSPS) is 33.1. The highest BCUT2D eigenvalue weighted by Gasteiger charge is 2.46. The van der Waals surface area contributed by atoms with E-state index in [-0.39, 0.29) is 5.78 Å². The zero-order valence-electron chi connectivity index (χ0n) is 11.1. The van der Waals surface area contributed by atoms with Gasteiger partial charge in [-0.05, 0) is 32.6 Å². The Hall–Kier alpha value is -1.03. The molecule has 18 heavy (non-hydrogen) atoms. The van der Waals surface area contributed by atoms with Crippen molar-refractivity contribution in [3.63, 3.8) is 0 Å². The number of aliphatic hydroxyl groups is 1. The van der Waals surface area contributed by atoms with E-state index in [9.17, 15) is 9.90 Å². The van der Waals surface area contributed by atoms with Crippen LogP contribution in [-0.4, -0.2) is 52.5 Å². The Bertz CT molecular complexity index is 389. The lowest BCUT2D eigenvalue weighted by Gasteiger charge is -2.25. The number of carbonyl (C=O) groups excluding carboxylic acids is 1. The van der Waals surface area contributed by atoms with Crippen LogP contribution in [-0.2, 0) is 4.79 Å². The maximum Gasteiger partial charge on any atom is 0.212 e. The van der Waals surface area contributed by atoms with Crippen molar-refractivity contribution in [1.29, 1.82) is 0 Å². The largest absolute Gasteiger partial charge is 0.382 e. The molecule has 1 unspecified atom stereocenters. The second kappa shape index (κ2) is 4.26. The molecule has 2 saturated heterocycles. The van der Waals surface area contributed by atoms with E-state index in [1.54, 1.807) is 6.92 Å². The number of hydrogen-bond donors (Lipinski definition) is 1. The van der Waals surface area contributed by atoms with Gasteiger partial charge in [-0.1, -0.05) is 0 Å². The van der Waals surface area contributed by atoms with E-state index >= 15 is 0 Å². The summed E-state index contributed by atoms with van der Waals surface area (Å²) in [5.41, 5.74) is 0.736. The Morgan fingerprint density at radius 1 is 1.00 bits per heavy atom. The van der Waals surface area contributed by atoms with Gasteiger partial charge in [-0.15, -0.1) is 0 Å². The van der Waals surface area contributed by atoms with Crippen molar-refractivity contribution in [2.45, 2.75) is 44.6 Å². The minimum atomic E-state index is -1.18. The Morgan fingerprint density at radius 2 is 1.50 bits per heavy atom. The maximum atomic E-state index is 12.4. The smallest absolute Gasteiger partial charge is 0.212 e. The van der Waals surface area contributed by atoms with Gasteiger partial charge < -0.3 is 14.9 Å². The van der Waals surface area contributed by atoms with Crippen LogP contribution in [0.3, 0.4) is 0 Å². The lowest BCUT2D eigenvalue weighted by atomic mass is 10.0. The molecular weight excluding hydrogens is 228 g/mol. The minimum absolute atomic E-state index is 0.0636. The SMILES string of the molecule is CC1(O)CC(N2CCCC2)=C(N2CCCC2)C1=O.